The zero-order valence-electron chi connectivity index (χ0n) is 13.7. The normalized spacial score (nSPS) is 21.3. The highest BCUT2D eigenvalue weighted by molar-refractivity contribution is 6.35. The lowest BCUT2D eigenvalue weighted by Gasteiger charge is -2.23. The fraction of sp³-hybridized carbons (Fsp3) is 0.222. The van der Waals surface area contributed by atoms with Crippen LogP contribution in [0.4, 0.5) is 4.79 Å². The minimum Gasteiger partial charge on any atom is -0.454 e. The molecule has 0 unspecified atom stereocenters. The van der Waals surface area contributed by atoms with Crippen molar-refractivity contribution in [1.82, 2.24) is 10.2 Å². The van der Waals surface area contributed by atoms with Gasteiger partial charge in [0.25, 0.3) is 5.91 Å². The van der Waals surface area contributed by atoms with Crippen molar-refractivity contribution in [1.29, 1.82) is 0 Å². The highest BCUT2D eigenvalue weighted by atomic mass is 35.5. The lowest BCUT2D eigenvalue weighted by molar-refractivity contribution is -0.131. The molecule has 0 saturated carbocycles. The first kappa shape index (κ1) is 17.0. The molecule has 3 amide bonds. The number of carbonyl (C=O) groups is 2. The average molecular weight is 393 g/mol. The number of fused-ring (bicyclic) bond motifs is 1. The Morgan fingerprint density at radius 3 is 2.65 bits per heavy atom. The topological polar surface area (TPSA) is 67.9 Å². The number of benzene rings is 2. The summed E-state index contributed by atoms with van der Waals surface area (Å²) < 4.78 is 10.6. The summed E-state index contributed by atoms with van der Waals surface area (Å²) in [5, 5.41) is 3.51. The SMILES string of the molecule is C[C@]1(c2ccc(Cl)cc2Cl)NC(=O)N(Cc2ccc3c(c2)OCO3)C1=O. The predicted octanol–water partition coefficient (Wildman–Crippen LogP) is 3.69. The van der Waals surface area contributed by atoms with E-state index in [0.717, 1.165) is 10.5 Å². The molecule has 2 aliphatic heterocycles. The lowest BCUT2D eigenvalue weighted by Crippen LogP contribution is -2.41. The number of nitrogens with zero attached hydrogens (tertiary/aromatic N) is 1. The van der Waals surface area contributed by atoms with Crippen LogP contribution in [0.5, 0.6) is 11.5 Å². The van der Waals surface area contributed by atoms with Crippen LogP contribution in [0.25, 0.3) is 0 Å². The third-order valence-electron chi connectivity index (χ3n) is 4.52. The van der Waals surface area contributed by atoms with Crippen LogP contribution in [0, 0.1) is 0 Å². The molecule has 2 aliphatic rings. The second-order valence-corrected chi connectivity index (χ2v) is 7.10. The van der Waals surface area contributed by atoms with Gasteiger partial charge in [0, 0.05) is 15.6 Å². The monoisotopic (exact) mass is 392 g/mol. The number of hydrogen-bond donors (Lipinski definition) is 1. The molecule has 4 rings (SSSR count). The van der Waals surface area contributed by atoms with Crippen molar-refractivity contribution in [2.24, 2.45) is 0 Å². The average Bonchev–Trinajstić information content (AvgIpc) is 3.13. The standard InChI is InChI=1S/C18H14Cl2N2O4/c1-18(12-4-3-11(19)7-13(12)20)16(23)22(17(24)21-18)8-10-2-5-14-15(6-10)26-9-25-14/h2-7H,8-9H2,1H3,(H,21,24)/t18-/m1/s1. The Kier molecular flexibility index (Phi) is 3.97. The first-order valence-electron chi connectivity index (χ1n) is 7.86. The van der Waals surface area contributed by atoms with Crippen LogP contribution in [0.3, 0.4) is 0 Å². The molecule has 8 heteroatoms. The molecule has 1 fully saturated rings. The molecule has 2 heterocycles. The highest BCUT2D eigenvalue weighted by Crippen LogP contribution is 2.37. The quantitative estimate of drug-likeness (QED) is 0.808. The predicted molar refractivity (Wildman–Crippen MR) is 95.5 cm³/mol. The van der Waals surface area contributed by atoms with Gasteiger partial charge in [-0.25, -0.2) is 4.79 Å². The van der Waals surface area contributed by atoms with E-state index in [1.165, 1.54) is 0 Å². The van der Waals surface area contributed by atoms with Gasteiger partial charge in [-0.05, 0) is 36.8 Å². The molecule has 0 spiro atoms. The summed E-state index contributed by atoms with van der Waals surface area (Å²) in [7, 11) is 0. The van der Waals surface area contributed by atoms with Crippen molar-refractivity contribution >= 4 is 35.1 Å². The van der Waals surface area contributed by atoms with Crippen LogP contribution in [0.1, 0.15) is 18.1 Å². The van der Waals surface area contributed by atoms with Crippen molar-refractivity contribution in [3.63, 3.8) is 0 Å². The van der Waals surface area contributed by atoms with Gasteiger partial charge in [-0.15, -0.1) is 0 Å². The van der Waals surface area contributed by atoms with Crippen LogP contribution in [0.15, 0.2) is 36.4 Å². The minimum absolute atomic E-state index is 0.113. The largest absolute Gasteiger partial charge is 0.454 e. The fourth-order valence-electron chi connectivity index (χ4n) is 3.14. The Morgan fingerprint density at radius 2 is 1.88 bits per heavy atom. The van der Waals surface area contributed by atoms with Crippen LogP contribution in [0.2, 0.25) is 10.0 Å². The van der Waals surface area contributed by atoms with E-state index in [9.17, 15) is 9.59 Å². The van der Waals surface area contributed by atoms with E-state index in [-0.39, 0.29) is 19.2 Å². The van der Waals surface area contributed by atoms with Gasteiger partial charge >= 0.3 is 6.03 Å². The third-order valence-corrected chi connectivity index (χ3v) is 5.07. The maximum Gasteiger partial charge on any atom is 0.325 e. The molecule has 1 N–H and O–H groups in total. The fourth-order valence-corrected chi connectivity index (χ4v) is 3.74. The van der Waals surface area contributed by atoms with Crippen molar-refractivity contribution in [2.45, 2.75) is 19.0 Å². The lowest BCUT2D eigenvalue weighted by atomic mass is 9.92. The molecule has 0 bridgehead atoms. The number of rotatable bonds is 3. The molecule has 1 saturated heterocycles. The van der Waals surface area contributed by atoms with Crippen molar-refractivity contribution in [2.75, 3.05) is 6.79 Å². The second-order valence-electron chi connectivity index (χ2n) is 6.26. The van der Waals surface area contributed by atoms with Gasteiger partial charge in [-0.2, -0.15) is 0 Å². The van der Waals surface area contributed by atoms with Gasteiger partial charge in [-0.1, -0.05) is 35.3 Å². The molecule has 2 aromatic rings. The van der Waals surface area contributed by atoms with Gasteiger partial charge in [0.1, 0.15) is 5.54 Å². The van der Waals surface area contributed by atoms with E-state index >= 15 is 0 Å². The van der Waals surface area contributed by atoms with E-state index in [2.05, 4.69) is 5.32 Å². The van der Waals surface area contributed by atoms with Crippen molar-refractivity contribution in [3.05, 3.63) is 57.6 Å². The Bertz CT molecular complexity index is 933. The number of ether oxygens (including phenoxy) is 2. The van der Waals surface area contributed by atoms with Crippen molar-refractivity contribution in [3.8, 4) is 11.5 Å². The minimum atomic E-state index is -1.25. The van der Waals surface area contributed by atoms with Gasteiger partial charge < -0.3 is 14.8 Å². The summed E-state index contributed by atoms with van der Waals surface area (Å²) in [5.41, 5.74) is -0.00551. The maximum absolute atomic E-state index is 13.0. The molecular weight excluding hydrogens is 379 g/mol. The molecule has 26 heavy (non-hydrogen) atoms. The molecule has 0 aliphatic carbocycles. The van der Waals surface area contributed by atoms with Crippen LogP contribution >= 0.6 is 23.2 Å². The second kappa shape index (κ2) is 6.07. The van der Waals surface area contributed by atoms with Crippen molar-refractivity contribution < 1.29 is 19.1 Å². The number of urea groups is 1. The number of carbonyl (C=O) groups excluding carboxylic acids is 2. The van der Waals surface area contributed by atoms with Crippen LogP contribution in [-0.4, -0.2) is 23.6 Å². The van der Waals surface area contributed by atoms with Crippen LogP contribution < -0.4 is 14.8 Å². The number of amides is 3. The molecule has 0 aromatic heterocycles. The summed E-state index contributed by atoms with van der Waals surface area (Å²) in [6.07, 6.45) is 0. The molecular formula is C18H14Cl2N2O4. The highest BCUT2D eigenvalue weighted by Gasteiger charge is 2.49. The number of nitrogens with one attached hydrogen (secondary N) is 1. The Balaban J connectivity index is 1.63. The zero-order valence-corrected chi connectivity index (χ0v) is 15.2. The van der Waals surface area contributed by atoms with E-state index < -0.39 is 11.6 Å². The Morgan fingerprint density at radius 1 is 1.12 bits per heavy atom. The summed E-state index contributed by atoms with van der Waals surface area (Å²) >= 11 is 12.2. The molecule has 134 valence electrons. The molecule has 1 atom stereocenters. The Hall–Kier alpha value is -2.44. The summed E-state index contributed by atoms with van der Waals surface area (Å²) in [6, 6.07) is 9.64. The van der Waals surface area contributed by atoms with E-state index in [1.54, 1.807) is 43.3 Å². The van der Waals surface area contributed by atoms with Gasteiger partial charge in [0.15, 0.2) is 11.5 Å². The zero-order chi connectivity index (χ0) is 18.5. The summed E-state index contributed by atoms with van der Waals surface area (Å²) in [4.78, 5) is 26.6. The number of hydrogen-bond acceptors (Lipinski definition) is 4. The van der Waals surface area contributed by atoms with Gasteiger partial charge in [0.2, 0.25) is 6.79 Å². The third kappa shape index (κ3) is 2.66. The summed E-state index contributed by atoms with van der Waals surface area (Å²) in [5.74, 6) is 0.853. The van der Waals surface area contributed by atoms with Gasteiger partial charge in [-0.3, -0.25) is 9.69 Å². The van der Waals surface area contributed by atoms with E-state index in [1.807, 2.05) is 0 Å². The Labute approximate surface area is 159 Å². The maximum atomic E-state index is 13.0. The molecule has 6 nitrogen and oxygen atoms in total. The first-order valence-corrected chi connectivity index (χ1v) is 8.62. The molecule has 0 radical (unpaired) electrons. The van der Waals surface area contributed by atoms with Gasteiger partial charge in [0.05, 0.1) is 6.54 Å². The number of imide groups is 1. The van der Waals surface area contributed by atoms with E-state index in [4.69, 9.17) is 32.7 Å². The van der Waals surface area contributed by atoms with Crippen LogP contribution in [-0.2, 0) is 16.9 Å². The first-order chi connectivity index (χ1) is 12.4. The smallest absolute Gasteiger partial charge is 0.325 e. The van der Waals surface area contributed by atoms with E-state index in [0.29, 0.717) is 27.1 Å². The summed E-state index contributed by atoms with van der Waals surface area (Å²) in [6.45, 7) is 1.90. The number of halogens is 2. The molecule has 2 aromatic carbocycles.